The SMILES string of the molecule is Cc1c(CNS(=O)(=O)C(C)CO)cnn1C. The average Bonchev–Trinajstić information content (AvgIpc) is 2.56. The molecule has 0 aliphatic heterocycles. The number of aliphatic hydroxyl groups is 1. The second kappa shape index (κ2) is 4.94. The van der Waals surface area contributed by atoms with Crippen LogP contribution in [0.5, 0.6) is 0 Å². The minimum Gasteiger partial charge on any atom is -0.395 e. The Kier molecular flexibility index (Phi) is 4.06. The fourth-order valence-electron chi connectivity index (χ4n) is 1.14. The lowest BCUT2D eigenvalue weighted by Gasteiger charge is -2.10. The molecule has 16 heavy (non-hydrogen) atoms. The van der Waals surface area contributed by atoms with E-state index in [0.717, 1.165) is 11.3 Å². The third-order valence-electron chi connectivity index (χ3n) is 2.59. The predicted molar refractivity (Wildman–Crippen MR) is 60.3 cm³/mol. The summed E-state index contributed by atoms with van der Waals surface area (Å²) in [5, 5.41) is 12.0. The van der Waals surface area contributed by atoms with Gasteiger partial charge in [-0.1, -0.05) is 0 Å². The lowest BCUT2D eigenvalue weighted by atomic mass is 10.3. The van der Waals surface area contributed by atoms with E-state index in [1.54, 1.807) is 17.9 Å². The first kappa shape index (κ1) is 13.1. The summed E-state index contributed by atoms with van der Waals surface area (Å²) in [5.74, 6) is 0. The zero-order chi connectivity index (χ0) is 12.3. The van der Waals surface area contributed by atoms with Crippen LogP contribution in [0.2, 0.25) is 0 Å². The van der Waals surface area contributed by atoms with Gasteiger partial charge in [0.25, 0.3) is 0 Å². The van der Waals surface area contributed by atoms with E-state index < -0.39 is 15.3 Å². The Morgan fingerprint density at radius 3 is 2.69 bits per heavy atom. The number of rotatable bonds is 5. The standard InChI is InChI=1S/C9H17N3O3S/c1-7(6-13)16(14,15)11-5-9-4-10-12(3)8(9)2/h4,7,11,13H,5-6H2,1-3H3. The summed E-state index contributed by atoms with van der Waals surface area (Å²) in [6, 6.07) is 0. The highest BCUT2D eigenvalue weighted by molar-refractivity contribution is 7.90. The molecule has 7 heteroatoms. The van der Waals surface area contributed by atoms with Crippen LogP contribution in [-0.2, 0) is 23.6 Å². The van der Waals surface area contributed by atoms with E-state index in [1.807, 2.05) is 6.92 Å². The van der Waals surface area contributed by atoms with Crippen molar-refractivity contribution in [3.05, 3.63) is 17.5 Å². The van der Waals surface area contributed by atoms with Crippen molar-refractivity contribution in [2.24, 2.45) is 7.05 Å². The molecule has 1 aromatic heterocycles. The normalized spacial score (nSPS) is 14.0. The number of aromatic nitrogens is 2. The van der Waals surface area contributed by atoms with Crippen LogP contribution in [0.4, 0.5) is 0 Å². The zero-order valence-corrected chi connectivity index (χ0v) is 10.5. The van der Waals surface area contributed by atoms with Gasteiger partial charge in [0.1, 0.15) is 0 Å². The maximum absolute atomic E-state index is 11.6. The van der Waals surface area contributed by atoms with Crippen molar-refractivity contribution in [1.29, 1.82) is 0 Å². The van der Waals surface area contributed by atoms with Gasteiger partial charge < -0.3 is 5.11 Å². The Balaban J connectivity index is 2.69. The third kappa shape index (κ3) is 2.81. The van der Waals surface area contributed by atoms with Crippen LogP contribution in [0, 0.1) is 6.92 Å². The second-order valence-corrected chi connectivity index (χ2v) is 5.92. The van der Waals surface area contributed by atoms with E-state index in [1.165, 1.54) is 6.92 Å². The molecule has 0 aromatic carbocycles. The number of nitrogens with zero attached hydrogens (tertiary/aromatic N) is 2. The summed E-state index contributed by atoms with van der Waals surface area (Å²) in [5.41, 5.74) is 1.75. The highest BCUT2D eigenvalue weighted by Gasteiger charge is 2.19. The monoisotopic (exact) mass is 247 g/mol. The smallest absolute Gasteiger partial charge is 0.216 e. The third-order valence-corrected chi connectivity index (χ3v) is 4.34. The van der Waals surface area contributed by atoms with Crippen LogP contribution in [0.3, 0.4) is 0 Å². The summed E-state index contributed by atoms with van der Waals surface area (Å²) >= 11 is 0. The summed E-state index contributed by atoms with van der Waals surface area (Å²) in [6.45, 7) is 3.14. The van der Waals surface area contributed by atoms with Crippen LogP contribution < -0.4 is 4.72 Å². The van der Waals surface area contributed by atoms with Crippen molar-refractivity contribution >= 4 is 10.0 Å². The molecule has 1 heterocycles. The Morgan fingerprint density at radius 1 is 1.62 bits per heavy atom. The largest absolute Gasteiger partial charge is 0.395 e. The molecule has 2 N–H and O–H groups in total. The van der Waals surface area contributed by atoms with Gasteiger partial charge in [0, 0.05) is 24.8 Å². The molecule has 0 aliphatic carbocycles. The van der Waals surface area contributed by atoms with Crippen molar-refractivity contribution in [2.45, 2.75) is 25.6 Å². The number of hydrogen-bond donors (Lipinski definition) is 2. The molecule has 0 aliphatic rings. The van der Waals surface area contributed by atoms with E-state index in [4.69, 9.17) is 5.11 Å². The number of hydrogen-bond acceptors (Lipinski definition) is 4. The minimum atomic E-state index is -3.45. The first-order valence-electron chi connectivity index (χ1n) is 4.95. The molecule has 0 bridgehead atoms. The maximum Gasteiger partial charge on any atom is 0.216 e. The topological polar surface area (TPSA) is 84.2 Å². The van der Waals surface area contributed by atoms with Gasteiger partial charge in [-0.3, -0.25) is 4.68 Å². The van der Waals surface area contributed by atoms with Crippen LogP contribution in [-0.4, -0.2) is 35.2 Å². The van der Waals surface area contributed by atoms with Gasteiger partial charge in [-0.15, -0.1) is 0 Å². The van der Waals surface area contributed by atoms with E-state index in [9.17, 15) is 8.42 Å². The Bertz CT molecular complexity index is 453. The molecule has 1 rings (SSSR count). The average molecular weight is 247 g/mol. The highest BCUT2D eigenvalue weighted by Crippen LogP contribution is 2.06. The Morgan fingerprint density at radius 2 is 2.25 bits per heavy atom. The molecule has 0 spiro atoms. The van der Waals surface area contributed by atoms with Crippen LogP contribution in [0.15, 0.2) is 6.20 Å². The molecule has 1 aromatic rings. The lowest BCUT2D eigenvalue weighted by Crippen LogP contribution is -2.34. The number of aryl methyl sites for hydroxylation is 1. The molecular weight excluding hydrogens is 230 g/mol. The fourth-order valence-corrected chi connectivity index (χ4v) is 1.97. The van der Waals surface area contributed by atoms with Crippen molar-refractivity contribution in [1.82, 2.24) is 14.5 Å². The van der Waals surface area contributed by atoms with Gasteiger partial charge in [-0.05, 0) is 13.8 Å². The molecule has 0 radical (unpaired) electrons. The number of nitrogens with one attached hydrogen (secondary N) is 1. The highest BCUT2D eigenvalue weighted by atomic mass is 32.2. The molecule has 92 valence electrons. The second-order valence-electron chi connectivity index (χ2n) is 3.74. The van der Waals surface area contributed by atoms with Crippen LogP contribution in [0.1, 0.15) is 18.2 Å². The van der Waals surface area contributed by atoms with Gasteiger partial charge in [-0.25, -0.2) is 13.1 Å². The minimum absolute atomic E-state index is 0.201. The summed E-state index contributed by atoms with van der Waals surface area (Å²) in [6.07, 6.45) is 1.63. The molecule has 6 nitrogen and oxygen atoms in total. The van der Waals surface area contributed by atoms with Gasteiger partial charge in [-0.2, -0.15) is 5.10 Å². The van der Waals surface area contributed by atoms with Crippen molar-refractivity contribution in [3.63, 3.8) is 0 Å². The molecule has 0 fully saturated rings. The Labute approximate surface area is 95.3 Å². The fraction of sp³-hybridized carbons (Fsp3) is 0.667. The van der Waals surface area contributed by atoms with Crippen molar-refractivity contribution < 1.29 is 13.5 Å². The molecule has 0 saturated carbocycles. The molecule has 0 saturated heterocycles. The molecule has 1 atom stereocenters. The van der Waals surface area contributed by atoms with E-state index >= 15 is 0 Å². The van der Waals surface area contributed by atoms with Crippen molar-refractivity contribution in [3.8, 4) is 0 Å². The van der Waals surface area contributed by atoms with E-state index in [0.29, 0.717) is 0 Å². The van der Waals surface area contributed by atoms with Gasteiger partial charge >= 0.3 is 0 Å². The zero-order valence-electron chi connectivity index (χ0n) is 9.64. The summed E-state index contributed by atoms with van der Waals surface area (Å²) in [4.78, 5) is 0. The van der Waals surface area contributed by atoms with Crippen LogP contribution in [0.25, 0.3) is 0 Å². The van der Waals surface area contributed by atoms with E-state index in [2.05, 4.69) is 9.82 Å². The van der Waals surface area contributed by atoms with Gasteiger partial charge in [0.15, 0.2) is 0 Å². The predicted octanol–water partition coefficient (Wildman–Crippen LogP) is -0.471. The molecular formula is C9H17N3O3S. The first-order chi connectivity index (χ1) is 7.38. The first-order valence-corrected chi connectivity index (χ1v) is 6.50. The summed E-state index contributed by atoms with van der Waals surface area (Å²) in [7, 11) is -1.66. The quantitative estimate of drug-likeness (QED) is 0.736. The molecule has 0 amide bonds. The Hall–Kier alpha value is -0.920. The maximum atomic E-state index is 11.6. The van der Waals surface area contributed by atoms with Crippen LogP contribution >= 0.6 is 0 Å². The van der Waals surface area contributed by atoms with E-state index in [-0.39, 0.29) is 13.2 Å². The summed E-state index contributed by atoms with van der Waals surface area (Å²) < 4.78 is 27.2. The lowest BCUT2D eigenvalue weighted by molar-refractivity contribution is 0.294. The number of aliphatic hydroxyl groups excluding tert-OH is 1. The number of sulfonamides is 1. The van der Waals surface area contributed by atoms with Gasteiger partial charge in [0.05, 0.1) is 18.1 Å². The molecule has 1 unspecified atom stereocenters. The van der Waals surface area contributed by atoms with Crippen molar-refractivity contribution in [2.75, 3.05) is 6.61 Å². The van der Waals surface area contributed by atoms with Gasteiger partial charge in [0.2, 0.25) is 10.0 Å².